The zero-order valence-corrected chi connectivity index (χ0v) is 7.99. The summed E-state index contributed by atoms with van der Waals surface area (Å²) in [5.41, 5.74) is 0. The van der Waals surface area contributed by atoms with Crippen LogP contribution < -0.4 is 0 Å². The smallest absolute Gasteiger partial charge is 0.450 e. The van der Waals surface area contributed by atoms with Crippen molar-refractivity contribution < 1.29 is 24.1 Å². The summed E-state index contributed by atoms with van der Waals surface area (Å²) in [4.78, 5) is 9.65. The maximum Gasteiger partial charge on any atom is 0.505 e. The number of rotatable bonds is 4. The van der Waals surface area contributed by atoms with Gasteiger partial charge >= 0.3 is 6.16 Å². The Hall–Kier alpha value is -0.810. The Bertz CT molecular complexity index is 130. The van der Waals surface area contributed by atoms with Gasteiger partial charge in [-0.05, 0) is 13.8 Å². The zero-order valence-electron chi connectivity index (χ0n) is 7.99. The monoisotopic (exact) mass is 192 g/mol. The molecule has 0 aliphatic carbocycles. The molecule has 0 amide bonds. The molecule has 1 atom stereocenters. The molecule has 0 aromatic heterocycles. The molecule has 0 aromatic carbocycles. The first-order valence-electron chi connectivity index (χ1n) is 4.25. The zero-order chi connectivity index (χ0) is 10.1. The predicted molar refractivity (Wildman–Crippen MR) is 45.9 cm³/mol. The van der Waals surface area contributed by atoms with Crippen LogP contribution in [0.5, 0.6) is 0 Å². The minimum Gasteiger partial charge on any atom is -0.450 e. The molecule has 5 heteroatoms. The van der Waals surface area contributed by atoms with Crippen molar-refractivity contribution in [3.05, 3.63) is 0 Å². The molecule has 1 aliphatic heterocycles. The third-order valence-electron chi connectivity index (χ3n) is 1.20. The summed E-state index contributed by atoms with van der Waals surface area (Å²) in [6.07, 6.45) is -1.20. The van der Waals surface area contributed by atoms with E-state index >= 15 is 0 Å². The summed E-state index contributed by atoms with van der Waals surface area (Å²) < 4.78 is 13.7. The summed E-state index contributed by atoms with van der Waals surface area (Å²) in [7, 11) is 0. The number of hydrogen-bond donors (Lipinski definition) is 1. The van der Waals surface area contributed by atoms with Gasteiger partial charge in [-0.2, -0.15) is 0 Å². The van der Waals surface area contributed by atoms with Crippen LogP contribution in [-0.4, -0.2) is 43.8 Å². The van der Waals surface area contributed by atoms with Gasteiger partial charge in [-0.25, -0.2) is 4.79 Å². The molecule has 0 spiro atoms. The van der Waals surface area contributed by atoms with Crippen molar-refractivity contribution in [2.24, 2.45) is 0 Å². The molecule has 1 saturated heterocycles. The minimum atomic E-state index is -1.24. The third kappa shape index (κ3) is 11.2. The van der Waals surface area contributed by atoms with Crippen molar-refractivity contribution in [2.45, 2.75) is 20.0 Å². The van der Waals surface area contributed by atoms with E-state index in [1.54, 1.807) is 0 Å². The molecule has 13 heavy (non-hydrogen) atoms. The Labute approximate surface area is 77.6 Å². The van der Waals surface area contributed by atoms with E-state index in [-0.39, 0.29) is 12.7 Å². The molecule has 78 valence electrons. The molecule has 1 fully saturated rings. The molecule has 5 nitrogen and oxygen atoms in total. The Balaban J connectivity index is 0.000000252. The van der Waals surface area contributed by atoms with Crippen molar-refractivity contribution in [1.29, 1.82) is 0 Å². The van der Waals surface area contributed by atoms with Gasteiger partial charge in [0.2, 0.25) is 0 Å². The molecule has 0 saturated carbocycles. The maximum absolute atomic E-state index is 9.65. The number of ether oxygens (including phenoxy) is 3. The van der Waals surface area contributed by atoms with Crippen LogP contribution in [0.2, 0.25) is 0 Å². The Morgan fingerprint density at radius 3 is 2.31 bits per heavy atom. The van der Waals surface area contributed by atoms with Gasteiger partial charge in [-0.1, -0.05) is 0 Å². The highest BCUT2D eigenvalue weighted by atomic mass is 16.7. The van der Waals surface area contributed by atoms with Crippen molar-refractivity contribution in [3.8, 4) is 0 Å². The standard InChI is InChI=1S/C4H6O4.C4H10O/c5-4(6)8-2-3-1-7-3;1-3-5-4-2/h3H,1-2H2,(H,5,6);3-4H2,1-2H3. The average Bonchev–Trinajstić information content (AvgIpc) is 2.86. The van der Waals surface area contributed by atoms with E-state index in [1.165, 1.54) is 0 Å². The topological polar surface area (TPSA) is 68.3 Å². The highest BCUT2D eigenvalue weighted by Gasteiger charge is 2.23. The van der Waals surface area contributed by atoms with Gasteiger partial charge in [-0.15, -0.1) is 0 Å². The SMILES string of the molecule is CCOCC.O=C(O)OCC1CO1. The van der Waals surface area contributed by atoms with E-state index in [9.17, 15) is 4.79 Å². The van der Waals surface area contributed by atoms with Crippen molar-refractivity contribution in [1.82, 2.24) is 0 Å². The fourth-order valence-electron chi connectivity index (χ4n) is 0.533. The quantitative estimate of drug-likeness (QED) is 0.534. The lowest BCUT2D eigenvalue weighted by molar-refractivity contribution is 0.0848. The largest absolute Gasteiger partial charge is 0.505 e. The summed E-state index contributed by atoms with van der Waals surface area (Å²) in [6, 6.07) is 0. The van der Waals surface area contributed by atoms with Crippen molar-refractivity contribution in [2.75, 3.05) is 26.4 Å². The molecule has 1 rings (SSSR count). The number of carbonyl (C=O) groups is 1. The fourth-order valence-corrected chi connectivity index (χ4v) is 0.533. The van der Waals surface area contributed by atoms with Crippen LogP contribution in [0.15, 0.2) is 0 Å². The molecule has 1 N–H and O–H groups in total. The van der Waals surface area contributed by atoms with Crippen LogP contribution in [0.4, 0.5) is 4.79 Å². The number of hydrogen-bond acceptors (Lipinski definition) is 4. The highest BCUT2D eigenvalue weighted by Crippen LogP contribution is 2.07. The Morgan fingerprint density at radius 1 is 1.54 bits per heavy atom. The summed E-state index contributed by atoms with van der Waals surface area (Å²) in [5.74, 6) is 0. The highest BCUT2D eigenvalue weighted by molar-refractivity contribution is 5.56. The second-order valence-electron chi connectivity index (χ2n) is 2.31. The molecule has 1 unspecified atom stereocenters. The van der Waals surface area contributed by atoms with E-state index in [2.05, 4.69) is 9.47 Å². The molecule has 1 heterocycles. The van der Waals surface area contributed by atoms with Crippen LogP contribution in [0, 0.1) is 0 Å². The number of carboxylic acid groups (broad SMARTS) is 1. The van der Waals surface area contributed by atoms with Crippen LogP contribution in [0.1, 0.15) is 13.8 Å². The van der Waals surface area contributed by atoms with E-state index in [0.29, 0.717) is 6.61 Å². The van der Waals surface area contributed by atoms with Gasteiger partial charge in [0.15, 0.2) is 0 Å². The van der Waals surface area contributed by atoms with Crippen molar-refractivity contribution in [3.63, 3.8) is 0 Å². The molecular formula is C8H16O5. The molecular weight excluding hydrogens is 176 g/mol. The van der Waals surface area contributed by atoms with Crippen LogP contribution >= 0.6 is 0 Å². The van der Waals surface area contributed by atoms with E-state index in [0.717, 1.165) is 13.2 Å². The molecule has 0 bridgehead atoms. The van der Waals surface area contributed by atoms with Crippen LogP contribution in [0.3, 0.4) is 0 Å². The first kappa shape index (κ1) is 12.2. The molecule has 1 aliphatic rings. The summed E-state index contributed by atoms with van der Waals surface area (Å²) in [5, 5.41) is 7.91. The second kappa shape index (κ2) is 7.82. The van der Waals surface area contributed by atoms with Gasteiger partial charge in [0.25, 0.3) is 0 Å². The number of epoxide rings is 1. The van der Waals surface area contributed by atoms with E-state index in [4.69, 9.17) is 9.84 Å². The van der Waals surface area contributed by atoms with E-state index in [1.807, 2.05) is 13.8 Å². The Morgan fingerprint density at radius 2 is 2.08 bits per heavy atom. The lowest BCUT2D eigenvalue weighted by Gasteiger charge is -1.91. The lowest BCUT2D eigenvalue weighted by Crippen LogP contribution is -2.06. The van der Waals surface area contributed by atoms with Gasteiger partial charge < -0.3 is 19.3 Å². The minimum absolute atomic E-state index is 0.0334. The maximum atomic E-state index is 9.65. The fraction of sp³-hybridized carbons (Fsp3) is 0.875. The van der Waals surface area contributed by atoms with Crippen LogP contribution in [-0.2, 0) is 14.2 Å². The van der Waals surface area contributed by atoms with E-state index < -0.39 is 6.16 Å². The average molecular weight is 192 g/mol. The lowest BCUT2D eigenvalue weighted by atomic mass is 10.5. The third-order valence-corrected chi connectivity index (χ3v) is 1.20. The van der Waals surface area contributed by atoms with Gasteiger partial charge in [0, 0.05) is 13.2 Å². The summed E-state index contributed by atoms with van der Waals surface area (Å²) in [6.45, 7) is 6.47. The second-order valence-corrected chi connectivity index (χ2v) is 2.31. The molecule has 0 aromatic rings. The van der Waals surface area contributed by atoms with Gasteiger partial charge in [-0.3, -0.25) is 0 Å². The van der Waals surface area contributed by atoms with Crippen molar-refractivity contribution >= 4 is 6.16 Å². The first-order chi connectivity index (χ1) is 6.20. The molecule has 0 radical (unpaired) electrons. The summed E-state index contributed by atoms with van der Waals surface area (Å²) >= 11 is 0. The predicted octanol–water partition coefficient (Wildman–Crippen LogP) is 1.12. The van der Waals surface area contributed by atoms with Gasteiger partial charge in [0.1, 0.15) is 12.7 Å². The van der Waals surface area contributed by atoms with Gasteiger partial charge in [0.05, 0.1) is 6.61 Å². The Kier molecular flexibility index (Phi) is 7.33. The van der Waals surface area contributed by atoms with Crippen LogP contribution in [0.25, 0.3) is 0 Å². The first-order valence-corrected chi connectivity index (χ1v) is 4.25. The normalized spacial score (nSPS) is 18.5.